The van der Waals surface area contributed by atoms with Gasteiger partial charge in [-0.1, -0.05) is 0 Å². The predicted molar refractivity (Wildman–Crippen MR) is 61.0 cm³/mol. The van der Waals surface area contributed by atoms with Crippen molar-refractivity contribution in [3.63, 3.8) is 0 Å². The third kappa shape index (κ3) is 1.80. The minimum atomic E-state index is -1.09. The SMILES string of the molecule is CC(=O)NC1C(=O)N2C(C(=O)O)=C(C)CSC12. The van der Waals surface area contributed by atoms with Crippen LogP contribution in [0.3, 0.4) is 0 Å². The molecule has 2 aliphatic rings. The molecule has 2 rings (SSSR count). The maximum absolute atomic E-state index is 11.8. The average Bonchev–Trinajstić information content (AvgIpc) is 2.24. The highest BCUT2D eigenvalue weighted by atomic mass is 32.2. The topological polar surface area (TPSA) is 86.7 Å². The maximum atomic E-state index is 11.8. The number of hydrogen-bond acceptors (Lipinski definition) is 4. The van der Waals surface area contributed by atoms with Crippen molar-refractivity contribution in [1.29, 1.82) is 0 Å². The zero-order chi connectivity index (χ0) is 12.7. The van der Waals surface area contributed by atoms with Gasteiger partial charge in [-0.25, -0.2) is 4.79 Å². The number of thioether (sulfide) groups is 1. The summed E-state index contributed by atoms with van der Waals surface area (Å²) in [6.45, 7) is 3.04. The van der Waals surface area contributed by atoms with Gasteiger partial charge in [0, 0.05) is 12.7 Å². The summed E-state index contributed by atoms with van der Waals surface area (Å²) in [5.41, 5.74) is 0.730. The van der Waals surface area contributed by atoms with Crippen molar-refractivity contribution in [3.8, 4) is 0 Å². The minimum absolute atomic E-state index is 0.0559. The number of carbonyl (C=O) groups is 3. The van der Waals surface area contributed by atoms with Crippen molar-refractivity contribution in [2.75, 3.05) is 5.75 Å². The van der Waals surface area contributed by atoms with Crippen molar-refractivity contribution >= 4 is 29.5 Å². The van der Waals surface area contributed by atoms with E-state index < -0.39 is 12.0 Å². The standard InChI is InChI=1S/C10H12N2O4S/c1-4-3-17-9-6(11-5(2)13)8(14)12(9)7(4)10(15)16/h6,9H,3H2,1-2H3,(H,11,13)(H,15,16). The van der Waals surface area contributed by atoms with Crippen LogP contribution < -0.4 is 5.32 Å². The van der Waals surface area contributed by atoms with Gasteiger partial charge < -0.3 is 10.4 Å². The van der Waals surface area contributed by atoms with Crippen LogP contribution in [0.4, 0.5) is 0 Å². The number of hydrogen-bond donors (Lipinski definition) is 2. The van der Waals surface area contributed by atoms with Crippen molar-refractivity contribution in [2.24, 2.45) is 0 Å². The molecule has 0 saturated carbocycles. The van der Waals surface area contributed by atoms with Gasteiger partial charge in [-0.2, -0.15) is 0 Å². The molecule has 0 aromatic rings. The molecule has 2 unspecified atom stereocenters. The summed E-state index contributed by atoms with van der Waals surface area (Å²) in [6, 6.07) is -0.597. The van der Waals surface area contributed by atoms with Gasteiger partial charge in [-0.05, 0) is 12.5 Å². The van der Waals surface area contributed by atoms with E-state index in [4.69, 9.17) is 5.11 Å². The van der Waals surface area contributed by atoms with Crippen LogP contribution >= 0.6 is 11.8 Å². The number of nitrogens with one attached hydrogen (secondary N) is 1. The molecule has 2 atom stereocenters. The first-order valence-electron chi connectivity index (χ1n) is 5.08. The molecule has 1 fully saturated rings. The molecule has 6 nitrogen and oxygen atoms in total. The number of carbonyl (C=O) groups excluding carboxylic acids is 2. The van der Waals surface area contributed by atoms with Gasteiger partial charge in [-0.3, -0.25) is 14.5 Å². The van der Waals surface area contributed by atoms with Gasteiger partial charge in [0.2, 0.25) is 5.91 Å². The van der Waals surface area contributed by atoms with Crippen molar-refractivity contribution < 1.29 is 19.5 Å². The van der Waals surface area contributed by atoms with Crippen molar-refractivity contribution in [3.05, 3.63) is 11.3 Å². The van der Waals surface area contributed by atoms with Crippen LogP contribution in [0.2, 0.25) is 0 Å². The normalized spacial score (nSPS) is 27.4. The Labute approximate surface area is 102 Å². The lowest BCUT2D eigenvalue weighted by molar-refractivity contribution is -0.150. The molecule has 0 spiro atoms. The van der Waals surface area contributed by atoms with Gasteiger partial charge in [0.15, 0.2) is 0 Å². The summed E-state index contributed by atoms with van der Waals surface area (Å²) in [6.07, 6.45) is 0. The van der Waals surface area contributed by atoms with Gasteiger partial charge in [-0.15, -0.1) is 11.8 Å². The first kappa shape index (κ1) is 12.0. The summed E-state index contributed by atoms with van der Waals surface area (Å²) in [7, 11) is 0. The smallest absolute Gasteiger partial charge is 0.352 e. The lowest BCUT2D eigenvalue weighted by Gasteiger charge is -2.49. The molecular formula is C10H12N2O4S. The molecule has 0 aliphatic carbocycles. The molecule has 2 amide bonds. The lowest BCUT2D eigenvalue weighted by Crippen LogP contribution is -2.70. The number of β-lactam (4-membered cyclic amide) rings is 1. The molecule has 0 bridgehead atoms. The second kappa shape index (κ2) is 4.06. The van der Waals surface area contributed by atoms with E-state index >= 15 is 0 Å². The molecule has 1 saturated heterocycles. The summed E-state index contributed by atoms with van der Waals surface area (Å²) in [4.78, 5) is 35.1. The number of carboxylic acids is 1. The van der Waals surface area contributed by atoms with E-state index in [1.54, 1.807) is 6.92 Å². The molecule has 0 aromatic heterocycles. The molecule has 0 aromatic carbocycles. The highest BCUT2D eigenvalue weighted by Gasteiger charge is 2.53. The number of nitrogens with zero attached hydrogens (tertiary/aromatic N) is 1. The fraction of sp³-hybridized carbons (Fsp3) is 0.500. The number of amides is 2. The van der Waals surface area contributed by atoms with Gasteiger partial charge in [0.1, 0.15) is 17.1 Å². The number of aliphatic carboxylic acids is 1. The predicted octanol–water partition coefficient (Wildman–Crippen LogP) is -0.235. The molecule has 2 N–H and O–H groups in total. The van der Waals surface area contributed by atoms with Crippen LogP contribution in [-0.4, -0.2) is 45.0 Å². The molecule has 2 aliphatic heterocycles. The van der Waals surface area contributed by atoms with Crippen LogP contribution in [-0.2, 0) is 14.4 Å². The van der Waals surface area contributed by atoms with E-state index in [-0.39, 0.29) is 22.9 Å². The lowest BCUT2D eigenvalue weighted by atomic mass is 10.0. The first-order valence-corrected chi connectivity index (χ1v) is 6.13. The molecule has 7 heteroatoms. The molecule has 0 radical (unpaired) electrons. The van der Waals surface area contributed by atoms with Gasteiger partial charge in [0.05, 0.1) is 0 Å². The number of fused-ring (bicyclic) bond motifs is 1. The van der Waals surface area contributed by atoms with Crippen LogP contribution in [0.25, 0.3) is 0 Å². The maximum Gasteiger partial charge on any atom is 0.352 e. The van der Waals surface area contributed by atoms with Gasteiger partial charge >= 0.3 is 5.97 Å². The molecule has 17 heavy (non-hydrogen) atoms. The van der Waals surface area contributed by atoms with Crippen LogP contribution in [0, 0.1) is 0 Å². The Balaban J connectivity index is 2.24. The Morgan fingerprint density at radius 1 is 1.53 bits per heavy atom. The summed E-state index contributed by atoms with van der Waals surface area (Å²) >= 11 is 1.47. The van der Waals surface area contributed by atoms with Crippen molar-refractivity contribution in [1.82, 2.24) is 10.2 Å². The molecular weight excluding hydrogens is 244 g/mol. The fourth-order valence-electron chi connectivity index (χ4n) is 1.99. The fourth-order valence-corrected chi connectivity index (χ4v) is 3.29. The molecule has 92 valence electrons. The second-order valence-corrected chi connectivity index (χ2v) is 5.13. The summed E-state index contributed by atoms with van der Waals surface area (Å²) in [5.74, 6) is -1.17. The number of carboxylic acid groups (broad SMARTS) is 1. The van der Waals surface area contributed by atoms with Crippen LogP contribution in [0.1, 0.15) is 13.8 Å². The molecule has 2 heterocycles. The summed E-state index contributed by atoms with van der Waals surface area (Å²) < 4.78 is 0. The Bertz CT molecular complexity index is 446. The Morgan fingerprint density at radius 2 is 2.18 bits per heavy atom. The Morgan fingerprint density at radius 3 is 2.71 bits per heavy atom. The van der Waals surface area contributed by atoms with E-state index in [9.17, 15) is 14.4 Å². The first-order chi connectivity index (χ1) is 7.93. The van der Waals surface area contributed by atoms with Gasteiger partial charge in [0.25, 0.3) is 5.91 Å². The monoisotopic (exact) mass is 256 g/mol. The minimum Gasteiger partial charge on any atom is -0.477 e. The van der Waals surface area contributed by atoms with E-state index in [2.05, 4.69) is 5.32 Å². The third-order valence-electron chi connectivity index (χ3n) is 2.72. The van der Waals surface area contributed by atoms with E-state index in [1.165, 1.54) is 23.6 Å². The van der Waals surface area contributed by atoms with Crippen LogP contribution in [0.5, 0.6) is 0 Å². The van der Waals surface area contributed by atoms with E-state index in [1.807, 2.05) is 0 Å². The number of rotatable bonds is 2. The van der Waals surface area contributed by atoms with Crippen molar-refractivity contribution in [2.45, 2.75) is 25.3 Å². The highest BCUT2D eigenvalue weighted by Crippen LogP contribution is 2.39. The Hall–Kier alpha value is -1.50. The second-order valence-electron chi connectivity index (χ2n) is 4.02. The third-order valence-corrected chi connectivity index (χ3v) is 4.14. The highest BCUT2D eigenvalue weighted by molar-refractivity contribution is 8.00. The zero-order valence-corrected chi connectivity index (χ0v) is 10.2. The van der Waals surface area contributed by atoms with Crippen LogP contribution in [0.15, 0.2) is 11.3 Å². The van der Waals surface area contributed by atoms with E-state index in [0.717, 1.165) is 0 Å². The quantitative estimate of drug-likeness (QED) is 0.666. The van der Waals surface area contributed by atoms with E-state index in [0.29, 0.717) is 11.3 Å². The Kier molecular flexibility index (Phi) is 2.86. The zero-order valence-electron chi connectivity index (χ0n) is 9.39. The summed E-state index contributed by atoms with van der Waals surface area (Å²) in [5, 5.41) is 11.3. The largest absolute Gasteiger partial charge is 0.477 e. The average molecular weight is 256 g/mol.